The molecule has 2 aromatic rings. The van der Waals surface area contributed by atoms with Crippen molar-refractivity contribution in [1.29, 1.82) is 0 Å². The Morgan fingerprint density at radius 2 is 1.72 bits per heavy atom. The lowest BCUT2D eigenvalue weighted by molar-refractivity contribution is -0.147. The Morgan fingerprint density at radius 3 is 2.34 bits per heavy atom. The van der Waals surface area contributed by atoms with Crippen molar-refractivity contribution in [2.75, 3.05) is 18.5 Å². The molecule has 0 spiro atoms. The number of nitrogens with one attached hydrogen (secondary N) is 2. The Labute approximate surface area is 169 Å². The van der Waals surface area contributed by atoms with Gasteiger partial charge in [0, 0.05) is 12.2 Å². The fourth-order valence-electron chi connectivity index (χ4n) is 2.93. The number of carbonyl (C=O) groups excluding carboxylic acids is 2. The molecule has 7 nitrogen and oxygen atoms in total. The number of anilines is 1. The van der Waals surface area contributed by atoms with Gasteiger partial charge in [0.25, 0.3) is 5.91 Å². The molecule has 0 aliphatic carbocycles. The Hall–Kier alpha value is -2.78. The lowest BCUT2D eigenvalue weighted by atomic mass is 10.1. The lowest BCUT2D eigenvalue weighted by Crippen LogP contribution is -2.29. The Balaban J connectivity index is 1.81. The topological polar surface area (TPSA) is 102 Å². The largest absolute Gasteiger partial charge is 0.456 e. The van der Waals surface area contributed by atoms with Crippen molar-refractivity contribution >= 4 is 27.6 Å². The monoisotopic (exact) mass is 422 g/mol. The number of halogens is 1. The van der Waals surface area contributed by atoms with Gasteiger partial charge in [0.15, 0.2) is 6.61 Å². The van der Waals surface area contributed by atoms with E-state index in [-0.39, 0.29) is 23.5 Å². The van der Waals surface area contributed by atoms with Crippen LogP contribution >= 0.6 is 0 Å². The zero-order valence-corrected chi connectivity index (χ0v) is 17.2. The summed E-state index contributed by atoms with van der Waals surface area (Å²) in [5, 5.41) is 2.39. The standard InChI is InChI=1S/C20H23FN2O5S/c1-13-9-14(2)20(15(3)10-13)29(26,27)22-8-7-19(25)28-12-18(24)23-17-6-4-5-16(21)11-17/h4-6,9-11,22H,7-8,12H2,1-3H3,(H,23,24). The molecular weight excluding hydrogens is 399 g/mol. The molecule has 0 saturated heterocycles. The number of esters is 1. The van der Waals surface area contributed by atoms with E-state index in [1.807, 2.05) is 6.92 Å². The Kier molecular flexibility index (Phi) is 7.46. The molecule has 0 atom stereocenters. The molecule has 0 fully saturated rings. The summed E-state index contributed by atoms with van der Waals surface area (Å²) < 4.78 is 45.3. The van der Waals surface area contributed by atoms with E-state index < -0.39 is 34.3 Å². The average Bonchev–Trinajstić information content (AvgIpc) is 2.58. The smallest absolute Gasteiger partial charge is 0.307 e. The highest BCUT2D eigenvalue weighted by molar-refractivity contribution is 7.89. The Morgan fingerprint density at radius 1 is 1.07 bits per heavy atom. The molecule has 29 heavy (non-hydrogen) atoms. The second kappa shape index (κ2) is 9.62. The van der Waals surface area contributed by atoms with Gasteiger partial charge in [-0.2, -0.15) is 0 Å². The fourth-order valence-corrected chi connectivity index (χ4v) is 4.41. The molecule has 0 aromatic heterocycles. The molecule has 0 aliphatic heterocycles. The first-order valence-electron chi connectivity index (χ1n) is 8.87. The van der Waals surface area contributed by atoms with Gasteiger partial charge < -0.3 is 10.1 Å². The van der Waals surface area contributed by atoms with E-state index in [1.165, 1.54) is 18.2 Å². The van der Waals surface area contributed by atoms with Gasteiger partial charge >= 0.3 is 5.97 Å². The highest BCUT2D eigenvalue weighted by Gasteiger charge is 2.20. The SMILES string of the molecule is Cc1cc(C)c(S(=O)(=O)NCCC(=O)OCC(=O)Nc2cccc(F)c2)c(C)c1. The number of rotatable bonds is 8. The third kappa shape index (κ3) is 6.65. The van der Waals surface area contributed by atoms with Gasteiger partial charge in [-0.1, -0.05) is 23.8 Å². The first kappa shape index (κ1) is 22.5. The van der Waals surface area contributed by atoms with E-state index in [0.717, 1.165) is 11.6 Å². The first-order chi connectivity index (χ1) is 13.6. The van der Waals surface area contributed by atoms with E-state index >= 15 is 0 Å². The quantitative estimate of drug-likeness (QED) is 0.637. The molecule has 1 amide bonds. The van der Waals surface area contributed by atoms with Gasteiger partial charge in [0.2, 0.25) is 10.0 Å². The summed E-state index contributed by atoms with van der Waals surface area (Å²) in [5.41, 5.74) is 2.43. The maximum absolute atomic E-state index is 13.1. The zero-order chi connectivity index (χ0) is 21.6. The van der Waals surface area contributed by atoms with E-state index in [9.17, 15) is 22.4 Å². The van der Waals surface area contributed by atoms with E-state index in [4.69, 9.17) is 4.74 Å². The zero-order valence-electron chi connectivity index (χ0n) is 16.4. The number of hydrogen-bond acceptors (Lipinski definition) is 5. The molecule has 0 bridgehead atoms. The summed E-state index contributed by atoms with van der Waals surface area (Å²) in [7, 11) is -3.78. The molecule has 156 valence electrons. The minimum Gasteiger partial charge on any atom is -0.456 e. The predicted octanol–water partition coefficient (Wildman–Crippen LogP) is 2.60. The maximum atomic E-state index is 13.1. The summed E-state index contributed by atoms with van der Waals surface area (Å²) in [6.45, 7) is 4.57. The van der Waals surface area contributed by atoms with Crippen LogP contribution in [0.1, 0.15) is 23.1 Å². The lowest BCUT2D eigenvalue weighted by Gasteiger charge is -2.13. The van der Waals surface area contributed by atoms with Crippen molar-refractivity contribution in [2.45, 2.75) is 32.1 Å². The van der Waals surface area contributed by atoms with E-state index in [2.05, 4.69) is 10.0 Å². The minimum atomic E-state index is -3.78. The summed E-state index contributed by atoms with van der Waals surface area (Å²) in [6, 6.07) is 8.83. The van der Waals surface area contributed by atoms with Gasteiger partial charge in [0.05, 0.1) is 11.3 Å². The molecule has 2 N–H and O–H groups in total. The molecule has 2 rings (SSSR count). The van der Waals surface area contributed by atoms with Crippen LogP contribution in [0.5, 0.6) is 0 Å². The number of sulfonamides is 1. The molecule has 0 aliphatic rings. The fraction of sp³-hybridized carbons (Fsp3) is 0.300. The van der Waals surface area contributed by atoms with Crippen molar-refractivity contribution in [3.8, 4) is 0 Å². The predicted molar refractivity (Wildman–Crippen MR) is 106 cm³/mol. The average molecular weight is 422 g/mol. The summed E-state index contributed by atoms with van der Waals surface area (Å²) in [6.07, 6.45) is -0.240. The summed E-state index contributed by atoms with van der Waals surface area (Å²) in [4.78, 5) is 23.7. The minimum absolute atomic E-state index is 0.167. The van der Waals surface area contributed by atoms with Gasteiger partial charge in [-0.05, 0) is 50.1 Å². The van der Waals surface area contributed by atoms with E-state index in [0.29, 0.717) is 11.1 Å². The number of carbonyl (C=O) groups is 2. The molecule has 0 unspecified atom stereocenters. The number of benzene rings is 2. The molecule has 9 heteroatoms. The number of aryl methyl sites for hydroxylation is 3. The number of amides is 1. The van der Waals surface area contributed by atoms with Crippen molar-refractivity contribution in [1.82, 2.24) is 4.72 Å². The molecule has 0 saturated carbocycles. The first-order valence-corrected chi connectivity index (χ1v) is 10.4. The van der Waals surface area contributed by atoms with Crippen LogP contribution in [-0.2, 0) is 24.3 Å². The van der Waals surface area contributed by atoms with Crippen LogP contribution in [0.3, 0.4) is 0 Å². The van der Waals surface area contributed by atoms with Crippen LogP contribution in [0.2, 0.25) is 0 Å². The number of hydrogen-bond donors (Lipinski definition) is 2. The van der Waals surface area contributed by atoms with Crippen molar-refractivity contribution in [2.24, 2.45) is 0 Å². The van der Waals surface area contributed by atoms with Crippen LogP contribution in [0.25, 0.3) is 0 Å². The highest BCUT2D eigenvalue weighted by Crippen LogP contribution is 2.21. The van der Waals surface area contributed by atoms with Crippen LogP contribution < -0.4 is 10.0 Å². The van der Waals surface area contributed by atoms with Crippen molar-refractivity contribution < 1.29 is 27.1 Å². The second-order valence-corrected chi connectivity index (χ2v) is 8.30. The third-order valence-corrected chi connectivity index (χ3v) is 5.73. The molecule has 0 radical (unpaired) electrons. The maximum Gasteiger partial charge on any atom is 0.307 e. The molecular formula is C20H23FN2O5S. The van der Waals surface area contributed by atoms with Gasteiger partial charge in [-0.25, -0.2) is 17.5 Å². The van der Waals surface area contributed by atoms with Crippen molar-refractivity contribution in [3.63, 3.8) is 0 Å². The van der Waals surface area contributed by atoms with Crippen LogP contribution in [0, 0.1) is 26.6 Å². The van der Waals surface area contributed by atoms with Gasteiger partial charge in [0.1, 0.15) is 5.82 Å². The summed E-state index contributed by atoms with van der Waals surface area (Å²) in [5.74, 6) is -1.87. The van der Waals surface area contributed by atoms with E-state index in [1.54, 1.807) is 26.0 Å². The highest BCUT2D eigenvalue weighted by atomic mass is 32.2. The van der Waals surface area contributed by atoms with Crippen LogP contribution in [0.4, 0.5) is 10.1 Å². The van der Waals surface area contributed by atoms with Crippen LogP contribution in [0.15, 0.2) is 41.3 Å². The second-order valence-electron chi connectivity index (χ2n) is 6.59. The Bertz CT molecular complexity index is 998. The van der Waals surface area contributed by atoms with Crippen LogP contribution in [-0.4, -0.2) is 33.4 Å². The summed E-state index contributed by atoms with van der Waals surface area (Å²) >= 11 is 0. The third-order valence-electron chi connectivity index (χ3n) is 3.97. The normalized spacial score (nSPS) is 11.2. The van der Waals surface area contributed by atoms with Crippen molar-refractivity contribution in [3.05, 3.63) is 58.9 Å². The van der Waals surface area contributed by atoms with Gasteiger partial charge in [-0.15, -0.1) is 0 Å². The molecule has 0 heterocycles. The molecule has 2 aromatic carbocycles. The van der Waals surface area contributed by atoms with Gasteiger partial charge in [-0.3, -0.25) is 9.59 Å². The number of ether oxygens (including phenoxy) is 1.